The molecule has 22 heteroatoms. The maximum atomic E-state index is 12.9. The number of carbonyl (C=O) groups is 1. The van der Waals surface area contributed by atoms with Crippen LogP contribution in [0.3, 0.4) is 0 Å². The van der Waals surface area contributed by atoms with Crippen LogP contribution in [0.2, 0.25) is 0 Å². The Bertz CT molecular complexity index is 1130. The summed E-state index contributed by atoms with van der Waals surface area (Å²) in [5, 5.41) is 92.4. The van der Waals surface area contributed by atoms with Gasteiger partial charge in [-0.15, -0.1) is 0 Å². The van der Waals surface area contributed by atoms with Crippen molar-refractivity contribution in [1.82, 2.24) is 16.0 Å². The molecule has 0 bridgehead atoms. The summed E-state index contributed by atoms with van der Waals surface area (Å²) in [6.45, 7) is -0.620. The summed E-state index contributed by atoms with van der Waals surface area (Å²) in [6, 6.07) is -4.18. The second-order valence-electron chi connectivity index (χ2n) is 13.9. The quantitative estimate of drug-likeness (QED) is 0.0735. The van der Waals surface area contributed by atoms with Gasteiger partial charge in [0.2, 0.25) is 0 Å². The Hall–Kier alpha value is -1.33. The normalized spacial score (nSPS) is 47.1. The maximum absolute atomic E-state index is 12.9. The van der Waals surface area contributed by atoms with Gasteiger partial charge < -0.3 is 108 Å². The Balaban J connectivity index is 1.34. The zero-order chi connectivity index (χ0) is 37.2. The van der Waals surface area contributed by atoms with Crippen LogP contribution in [0.25, 0.3) is 0 Å². The lowest BCUT2D eigenvalue weighted by molar-refractivity contribution is -0.296. The molecule has 5 aliphatic rings. The van der Waals surface area contributed by atoms with Gasteiger partial charge in [0.1, 0.15) is 54.9 Å². The highest BCUT2D eigenvalue weighted by atomic mass is 16.8. The van der Waals surface area contributed by atoms with Crippen molar-refractivity contribution >= 4 is 5.91 Å². The van der Waals surface area contributed by atoms with E-state index in [0.29, 0.717) is 0 Å². The summed E-state index contributed by atoms with van der Waals surface area (Å²) < 4.78 is 35.7. The van der Waals surface area contributed by atoms with Crippen molar-refractivity contribution in [2.45, 2.75) is 129 Å². The summed E-state index contributed by atoms with van der Waals surface area (Å²) in [4.78, 5) is 12.9. The van der Waals surface area contributed by atoms with Gasteiger partial charge in [-0.05, 0) is 12.8 Å². The summed E-state index contributed by atoms with van der Waals surface area (Å²) in [5.74, 6) is -0.752. The highest BCUT2D eigenvalue weighted by molar-refractivity contribution is 5.87. The van der Waals surface area contributed by atoms with Gasteiger partial charge in [-0.2, -0.15) is 0 Å². The zero-order valence-electron chi connectivity index (χ0n) is 28.0. The molecule has 0 aromatic rings. The number of aliphatic hydroxyl groups is 8. The highest BCUT2D eigenvalue weighted by Crippen LogP contribution is 2.35. The third kappa shape index (κ3) is 8.81. The number of β-amino-alcohol motifs (C(OH)–C–C–N with tert-alkyl or cyclic N) is 1. The summed E-state index contributed by atoms with van der Waals surface area (Å²) in [7, 11) is 0. The Morgan fingerprint density at radius 2 is 1.43 bits per heavy atom. The van der Waals surface area contributed by atoms with Gasteiger partial charge in [-0.3, -0.25) is 4.79 Å². The number of nitrogens with two attached hydrogens (primary N) is 4. The molecule has 5 fully saturated rings. The van der Waals surface area contributed by atoms with Gasteiger partial charge in [-0.1, -0.05) is 0 Å². The monoisotopic (exact) mass is 741 g/mol. The zero-order valence-corrected chi connectivity index (χ0v) is 28.0. The van der Waals surface area contributed by atoms with Gasteiger partial charge >= 0.3 is 0 Å². The van der Waals surface area contributed by atoms with Crippen molar-refractivity contribution < 1.29 is 74.1 Å². The van der Waals surface area contributed by atoms with Crippen LogP contribution in [0.5, 0.6) is 0 Å². The van der Waals surface area contributed by atoms with Crippen molar-refractivity contribution in [2.75, 3.05) is 45.9 Å². The van der Waals surface area contributed by atoms with Crippen LogP contribution in [0.4, 0.5) is 0 Å². The van der Waals surface area contributed by atoms with Crippen LogP contribution in [0.1, 0.15) is 12.8 Å². The lowest BCUT2D eigenvalue weighted by Gasteiger charge is -2.48. The molecule has 0 spiro atoms. The first-order valence-electron chi connectivity index (χ1n) is 17.2. The molecule has 5 rings (SSSR count). The number of hydrogen-bond acceptors (Lipinski definition) is 21. The lowest BCUT2D eigenvalue weighted by Crippen LogP contribution is -2.71. The molecule has 19 N–H and O–H groups in total. The fraction of sp³-hybridized carbons (Fsp3) is 0.966. The van der Waals surface area contributed by atoms with E-state index in [9.17, 15) is 40.5 Å². The van der Waals surface area contributed by atoms with E-state index in [4.69, 9.17) is 56.5 Å². The van der Waals surface area contributed by atoms with E-state index in [1.165, 1.54) is 0 Å². The molecular formula is C29H55N7O15. The second kappa shape index (κ2) is 17.4. The number of rotatable bonds is 14. The van der Waals surface area contributed by atoms with E-state index >= 15 is 0 Å². The Kier molecular flexibility index (Phi) is 14.0. The van der Waals surface area contributed by atoms with E-state index in [2.05, 4.69) is 16.0 Å². The smallest absolute Gasteiger partial charge is 0.254 e. The Labute approximate surface area is 293 Å². The van der Waals surface area contributed by atoms with Gasteiger partial charge in [0.25, 0.3) is 5.91 Å². The molecule has 4 saturated heterocycles. The molecule has 0 radical (unpaired) electrons. The van der Waals surface area contributed by atoms with Crippen molar-refractivity contribution in [3.8, 4) is 0 Å². The Morgan fingerprint density at radius 3 is 2.06 bits per heavy atom. The third-order valence-corrected chi connectivity index (χ3v) is 10.2. The first kappa shape index (κ1) is 40.8. The minimum absolute atomic E-state index is 0.00111. The van der Waals surface area contributed by atoms with Crippen molar-refractivity contribution in [2.24, 2.45) is 22.9 Å². The number of aliphatic hydroxyl groups excluding tert-OH is 7. The van der Waals surface area contributed by atoms with Crippen LogP contribution in [-0.4, -0.2) is 208 Å². The van der Waals surface area contributed by atoms with E-state index in [1.807, 2.05) is 0 Å². The standard InChI is InChI=1S/C29H55N7O15/c30-5-14-19(41)20(42)17(33)26(46-14)50-23-16(7-38)48-27(21(23)43)51-24-18(40)12(36-28(44)29(45)8-35-9-29)3-10(31)22(24)49-25-11(32)4-13(39)15(47-25)6-34-1-2-37/h10-27,34-35,37-43,45H,1-9,30-33H2,(H,36,44). The molecular weight excluding hydrogens is 686 g/mol. The van der Waals surface area contributed by atoms with Gasteiger partial charge in [0.05, 0.1) is 43.5 Å². The largest absolute Gasteiger partial charge is 0.395 e. The molecule has 18 unspecified atom stereocenters. The van der Waals surface area contributed by atoms with Gasteiger partial charge in [0, 0.05) is 38.8 Å². The number of ether oxygens (including phenoxy) is 6. The molecule has 296 valence electrons. The number of hydrogen-bond donors (Lipinski definition) is 15. The van der Waals surface area contributed by atoms with Gasteiger partial charge in [0.15, 0.2) is 24.5 Å². The SMILES string of the molecule is NCC1OC(OC2C(CO)OC(OC3C(O)C(NC(=O)C4(O)CNC4)CC(N)C3OC3OC(CNCCO)C(O)CC3N)C2O)C(N)C(O)C1O. The predicted octanol–water partition coefficient (Wildman–Crippen LogP) is -9.75. The van der Waals surface area contributed by atoms with E-state index in [1.54, 1.807) is 0 Å². The first-order valence-corrected chi connectivity index (χ1v) is 17.2. The maximum Gasteiger partial charge on any atom is 0.254 e. The lowest BCUT2D eigenvalue weighted by atomic mass is 9.83. The number of amides is 1. The molecule has 1 aliphatic carbocycles. The average Bonchev–Trinajstić information content (AvgIpc) is 3.38. The first-order chi connectivity index (χ1) is 24.2. The summed E-state index contributed by atoms with van der Waals surface area (Å²) >= 11 is 0. The highest BCUT2D eigenvalue weighted by Gasteiger charge is 2.55. The molecule has 4 aliphatic heterocycles. The number of carbonyl (C=O) groups excluding carboxylic acids is 1. The second-order valence-corrected chi connectivity index (χ2v) is 13.9. The van der Waals surface area contributed by atoms with Crippen LogP contribution >= 0.6 is 0 Å². The van der Waals surface area contributed by atoms with Crippen LogP contribution in [0, 0.1) is 0 Å². The van der Waals surface area contributed by atoms with E-state index in [-0.39, 0.29) is 52.2 Å². The van der Waals surface area contributed by atoms with E-state index < -0.39 is 128 Å². The average molecular weight is 742 g/mol. The minimum atomic E-state index is -1.70. The molecule has 0 aromatic carbocycles. The van der Waals surface area contributed by atoms with Crippen LogP contribution in [-0.2, 0) is 33.2 Å². The van der Waals surface area contributed by atoms with Crippen molar-refractivity contribution in [3.63, 3.8) is 0 Å². The summed E-state index contributed by atoms with van der Waals surface area (Å²) in [6.07, 6.45) is -18.4. The number of nitrogens with one attached hydrogen (secondary N) is 3. The molecule has 22 nitrogen and oxygen atoms in total. The fourth-order valence-electron chi connectivity index (χ4n) is 6.95. The molecule has 51 heavy (non-hydrogen) atoms. The summed E-state index contributed by atoms with van der Waals surface area (Å²) in [5.41, 5.74) is 22.9. The van der Waals surface area contributed by atoms with Gasteiger partial charge in [-0.25, -0.2) is 0 Å². The predicted molar refractivity (Wildman–Crippen MR) is 170 cm³/mol. The molecule has 4 heterocycles. The topological polar surface area (TPSA) is 374 Å². The molecule has 18 atom stereocenters. The third-order valence-electron chi connectivity index (χ3n) is 10.2. The van der Waals surface area contributed by atoms with Crippen molar-refractivity contribution in [1.29, 1.82) is 0 Å². The molecule has 1 saturated carbocycles. The van der Waals surface area contributed by atoms with Crippen LogP contribution < -0.4 is 38.9 Å². The molecule has 0 aromatic heterocycles. The van der Waals surface area contributed by atoms with Crippen LogP contribution in [0.15, 0.2) is 0 Å². The Morgan fingerprint density at radius 1 is 0.784 bits per heavy atom. The fourth-order valence-corrected chi connectivity index (χ4v) is 6.95. The minimum Gasteiger partial charge on any atom is -0.395 e. The van der Waals surface area contributed by atoms with E-state index in [0.717, 1.165) is 0 Å². The van der Waals surface area contributed by atoms with Crippen molar-refractivity contribution in [3.05, 3.63) is 0 Å². The molecule has 1 amide bonds.